The largest absolute Gasteiger partial charge is 0.481 e. The minimum absolute atomic E-state index is 0.0310. The maximum absolute atomic E-state index is 10.9. The summed E-state index contributed by atoms with van der Waals surface area (Å²) >= 11 is 1.65. The van der Waals surface area contributed by atoms with E-state index in [-0.39, 0.29) is 12.0 Å². The van der Waals surface area contributed by atoms with Gasteiger partial charge in [-0.2, -0.15) is 0 Å². The number of aliphatic carboxylic acids is 1. The van der Waals surface area contributed by atoms with Crippen molar-refractivity contribution in [3.05, 3.63) is 89.0 Å². The van der Waals surface area contributed by atoms with Crippen molar-refractivity contribution in [1.82, 2.24) is 9.62 Å². The molecule has 5 nitrogen and oxygen atoms in total. The lowest BCUT2D eigenvalue weighted by molar-refractivity contribution is -0.136. The molecule has 208 valence electrons. The molecule has 0 spiro atoms. The topological polar surface area (TPSA) is 72.8 Å². The smallest absolute Gasteiger partial charge is 0.303 e. The number of hydrogen-bond acceptors (Lipinski definition) is 5. The number of carbonyl (C=O) groups is 1. The molecule has 0 saturated carbocycles. The predicted octanol–water partition coefficient (Wildman–Crippen LogP) is 6.15. The van der Waals surface area contributed by atoms with E-state index in [1.807, 2.05) is 19.2 Å². The first kappa shape index (κ1) is 29.3. The van der Waals surface area contributed by atoms with Gasteiger partial charge in [0.1, 0.15) is 0 Å². The third kappa shape index (κ3) is 8.67. The van der Waals surface area contributed by atoms with Crippen LogP contribution in [0.4, 0.5) is 0 Å². The molecule has 3 aromatic carbocycles. The molecule has 1 aliphatic rings. The number of likely N-dealkylation sites (N-methyl/N-ethyl adjacent to an activating group) is 1. The predicted molar refractivity (Wildman–Crippen MR) is 161 cm³/mol. The van der Waals surface area contributed by atoms with Gasteiger partial charge in [0.2, 0.25) is 0 Å². The third-order valence-electron chi connectivity index (χ3n) is 7.54. The zero-order chi connectivity index (χ0) is 28.0. The van der Waals surface area contributed by atoms with Crippen LogP contribution in [0.3, 0.4) is 0 Å². The number of nitrogens with one attached hydrogen (secondary N) is 1. The maximum Gasteiger partial charge on any atom is 0.303 e. The van der Waals surface area contributed by atoms with Crippen molar-refractivity contribution in [1.29, 1.82) is 0 Å². The number of benzene rings is 3. The standard InChI is InChI=1S/C33H42N2O3S/c1-23-16-29(28-11-7-8-24(17-28)12-15-32(37)38)13-14-31(23)39-35(4)22-30(36)21-34-33(2,3)20-25-18-26-9-5-6-10-27(26)19-25/h5-11,13-14,16-17,25,30,34,36H,12,15,18-22H2,1-4H3,(H,37,38)/t30-/m1/s1. The minimum atomic E-state index is -0.776. The van der Waals surface area contributed by atoms with Crippen LogP contribution < -0.4 is 5.32 Å². The number of fused-ring (bicyclic) bond motifs is 1. The van der Waals surface area contributed by atoms with E-state index in [2.05, 4.69) is 85.0 Å². The minimum Gasteiger partial charge on any atom is -0.481 e. The molecule has 0 unspecified atom stereocenters. The summed E-state index contributed by atoms with van der Waals surface area (Å²) in [5.41, 5.74) is 7.37. The highest BCUT2D eigenvalue weighted by atomic mass is 32.2. The first-order chi connectivity index (χ1) is 18.6. The number of rotatable bonds is 13. The Kier molecular flexibility index (Phi) is 9.89. The van der Waals surface area contributed by atoms with Crippen molar-refractivity contribution in [3.63, 3.8) is 0 Å². The molecule has 0 amide bonds. The van der Waals surface area contributed by atoms with Crippen molar-refractivity contribution >= 4 is 17.9 Å². The molecule has 0 fully saturated rings. The number of nitrogens with zero attached hydrogens (tertiary/aromatic N) is 1. The Morgan fingerprint density at radius 1 is 1.05 bits per heavy atom. The van der Waals surface area contributed by atoms with Crippen LogP contribution in [0.1, 0.15) is 48.9 Å². The number of β-amino-alcohol motifs (C(OH)–C–C–N with tert-alkyl or cyclic N) is 1. The number of carboxylic acid groups (broad SMARTS) is 1. The van der Waals surface area contributed by atoms with Gasteiger partial charge in [0.25, 0.3) is 0 Å². The first-order valence-electron chi connectivity index (χ1n) is 13.9. The van der Waals surface area contributed by atoms with Crippen molar-refractivity contribution in [2.75, 3.05) is 20.1 Å². The van der Waals surface area contributed by atoms with Gasteiger partial charge in [-0.1, -0.05) is 60.7 Å². The molecule has 1 aliphatic carbocycles. The molecule has 1 atom stereocenters. The van der Waals surface area contributed by atoms with Gasteiger partial charge >= 0.3 is 5.97 Å². The van der Waals surface area contributed by atoms with Crippen LogP contribution in [0.25, 0.3) is 11.1 Å². The number of hydrogen-bond donors (Lipinski definition) is 3. The summed E-state index contributed by atoms with van der Waals surface area (Å²) in [6.45, 7) is 7.72. The fraction of sp³-hybridized carbons (Fsp3) is 0.424. The Bertz CT molecular complexity index is 1250. The summed E-state index contributed by atoms with van der Waals surface area (Å²) in [7, 11) is 2.02. The molecule has 4 rings (SSSR count). The molecule has 6 heteroatoms. The average Bonchev–Trinajstić information content (AvgIpc) is 3.29. The van der Waals surface area contributed by atoms with Crippen LogP contribution in [-0.2, 0) is 24.1 Å². The molecule has 0 radical (unpaired) electrons. The molecule has 3 aromatic rings. The Morgan fingerprint density at radius 2 is 1.74 bits per heavy atom. The van der Waals surface area contributed by atoms with Crippen LogP contribution in [0.15, 0.2) is 71.6 Å². The molecule has 0 saturated heterocycles. The number of carboxylic acids is 1. The highest BCUT2D eigenvalue weighted by Crippen LogP contribution is 2.32. The maximum atomic E-state index is 10.9. The molecule has 0 aliphatic heterocycles. The molecular weight excluding hydrogens is 504 g/mol. The quantitative estimate of drug-likeness (QED) is 0.223. The summed E-state index contributed by atoms with van der Waals surface area (Å²) in [5, 5.41) is 23.4. The van der Waals surface area contributed by atoms with E-state index in [1.54, 1.807) is 11.9 Å². The van der Waals surface area contributed by atoms with Gasteiger partial charge < -0.3 is 15.5 Å². The summed E-state index contributed by atoms with van der Waals surface area (Å²) in [5.74, 6) is -0.125. The molecule has 0 aromatic heterocycles. The van der Waals surface area contributed by atoms with E-state index >= 15 is 0 Å². The zero-order valence-electron chi connectivity index (χ0n) is 23.6. The summed E-state index contributed by atoms with van der Waals surface area (Å²) in [4.78, 5) is 12.1. The lowest BCUT2D eigenvalue weighted by Gasteiger charge is -2.31. The van der Waals surface area contributed by atoms with Crippen LogP contribution >= 0.6 is 11.9 Å². The fourth-order valence-corrected chi connectivity index (χ4v) is 6.55. The molecule has 0 bridgehead atoms. The van der Waals surface area contributed by atoms with Crippen molar-refractivity contribution in [2.24, 2.45) is 5.92 Å². The van der Waals surface area contributed by atoms with Crippen LogP contribution in [0, 0.1) is 12.8 Å². The van der Waals surface area contributed by atoms with Gasteiger partial charge in [0.15, 0.2) is 0 Å². The second-order valence-electron chi connectivity index (χ2n) is 11.6. The summed E-state index contributed by atoms with van der Waals surface area (Å²) in [6, 6.07) is 23.3. The van der Waals surface area contributed by atoms with Crippen LogP contribution in [0.5, 0.6) is 0 Å². The lowest BCUT2D eigenvalue weighted by atomic mass is 9.88. The van der Waals surface area contributed by atoms with Crippen LogP contribution in [0.2, 0.25) is 0 Å². The number of aliphatic hydroxyl groups is 1. The van der Waals surface area contributed by atoms with E-state index in [0.29, 0.717) is 25.4 Å². The van der Waals surface area contributed by atoms with Crippen molar-refractivity contribution in [3.8, 4) is 11.1 Å². The van der Waals surface area contributed by atoms with Crippen molar-refractivity contribution < 1.29 is 15.0 Å². The molecular formula is C33H42N2O3S. The third-order valence-corrected chi connectivity index (χ3v) is 8.65. The molecule has 0 heterocycles. The number of aryl methyl sites for hydroxylation is 2. The van der Waals surface area contributed by atoms with Gasteiger partial charge in [-0.3, -0.25) is 4.79 Å². The normalized spacial score (nSPS) is 14.5. The fourth-order valence-electron chi connectivity index (χ4n) is 5.64. The summed E-state index contributed by atoms with van der Waals surface area (Å²) < 4.78 is 2.10. The monoisotopic (exact) mass is 546 g/mol. The second-order valence-corrected chi connectivity index (χ2v) is 12.9. The van der Waals surface area contributed by atoms with E-state index in [1.165, 1.54) is 16.7 Å². The Balaban J connectivity index is 1.25. The highest BCUT2D eigenvalue weighted by Gasteiger charge is 2.28. The van der Waals surface area contributed by atoms with Gasteiger partial charge in [0.05, 0.1) is 6.10 Å². The first-order valence-corrected chi connectivity index (χ1v) is 14.7. The van der Waals surface area contributed by atoms with E-state index < -0.39 is 12.1 Å². The van der Waals surface area contributed by atoms with Gasteiger partial charge in [-0.25, -0.2) is 4.31 Å². The van der Waals surface area contributed by atoms with E-state index in [0.717, 1.165) is 40.8 Å². The second kappa shape index (κ2) is 13.1. The highest BCUT2D eigenvalue weighted by molar-refractivity contribution is 7.97. The van der Waals surface area contributed by atoms with Gasteiger partial charge in [-0.15, -0.1) is 0 Å². The Morgan fingerprint density at radius 3 is 2.41 bits per heavy atom. The van der Waals surface area contributed by atoms with Gasteiger partial charge in [0, 0.05) is 29.9 Å². The van der Waals surface area contributed by atoms with Gasteiger partial charge in [-0.05, 0) is 111 Å². The van der Waals surface area contributed by atoms with E-state index in [4.69, 9.17) is 5.11 Å². The van der Waals surface area contributed by atoms with Crippen LogP contribution in [-0.4, -0.2) is 52.3 Å². The zero-order valence-corrected chi connectivity index (χ0v) is 24.4. The SMILES string of the molecule is Cc1cc(-c2cccc(CCC(=O)O)c2)ccc1SN(C)C[C@H](O)CNC(C)(C)CC1Cc2ccccc2C1. The average molecular weight is 547 g/mol. The Labute approximate surface area is 237 Å². The number of aliphatic hydroxyl groups excluding tert-OH is 1. The van der Waals surface area contributed by atoms with E-state index in [9.17, 15) is 9.90 Å². The lowest BCUT2D eigenvalue weighted by Crippen LogP contribution is -2.46. The molecule has 39 heavy (non-hydrogen) atoms. The Hall–Kier alpha value is -2.64. The molecule has 3 N–H and O–H groups in total. The van der Waals surface area contributed by atoms with Crippen molar-refractivity contribution in [2.45, 2.75) is 69.4 Å². The summed E-state index contributed by atoms with van der Waals surface area (Å²) in [6.07, 6.45) is 3.60.